The van der Waals surface area contributed by atoms with Gasteiger partial charge in [0.15, 0.2) is 12.3 Å². The van der Waals surface area contributed by atoms with Gasteiger partial charge >= 0.3 is 0 Å². The molecule has 2 saturated heterocycles. The van der Waals surface area contributed by atoms with Crippen LogP contribution in [0.25, 0.3) is 0 Å². The first kappa shape index (κ1) is 29.9. The summed E-state index contributed by atoms with van der Waals surface area (Å²) < 4.78 is 29.4. The molecule has 0 spiro atoms. The minimum Gasteiger partial charge on any atom is -0.396 e. The van der Waals surface area contributed by atoms with E-state index in [4.69, 9.17) is 28.8 Å². The van der Waals surface area contributed by atoms with Crippen LogP contribution in [0.2, 0.25) is 0 Å². The number of aliphatic hydroxyl groups excluding tert-OH is 6. The maximum Gasteiger partial charge on any atom is 0.214 e. The third kappa shape index (κ3) is 6.33. The average molecular weight is 531 g/mol. The number of hydrogen-bond acceptors (Lipinski definition) is 11. The lowest BCUT2D eigenvalue weighted by Gasteiger charge is -2.46. The summed E-state index contributed by atoms with van der Waals surface area (Å²) >= 11 is 0. The van der Waals surface area contributed by atoms with Crippen molar-refractivity contribution in [3.8, 4) is 0 Å². The van der Waals surface area contributed by atoms with Crippen LogP contribution in [0.15, 0.2) is 0 Å². The van der Waals surface area contributed by atoms with Gasteiger partial charge in [-0.2, -0.15) is 0 Å². The van der Waals surface area contributed by atoms with Gasteiger partial charge in [0.1, 0.15) is 73.6 Å². The molecule has 0 amide bonds. The summed E-state index contributed by atoms with van der Waals surface area (Å²) in [6.07, 6.45) is -12.2. The van der Waals surface area contributed by atoms with Crippen LogP contribution in [0.3, 0.4) is 0 Å². The Morgan fingerprint density at radius 2 is 1.44 bits per heavy atom. The number of quaternary nitrogens is 4. The number of rotatable bonds is 9. The van der Waals surface area contributed by atoms with Gasteiger partial charge in [0.2, 0.25) is 6.29 Å². The number of hydrogen-bond donors (Lipinski definition) is 10. The summed E-state index contributed by atoms with van der Waals surface area (Å²) in [7, 11) is 0. The quantitative estimate of drug-likeness (QED) is 0.125. The summed E-state index contributed by atoms with van der Waals surface area (Å²) in [5.41, 5.74) is 15.7. The van der Waals surface area contributed by atoms with E-state index in [1.165, 1.54) is 0 Å². The van der Waals surface area contributed by atoms with E-state index >= 15 is 0 Å². The minimum absolute atomic E-state index is 0.106. The standard InChI is InChI=1S/C21H42N4O11/c1-7-12(27)18(32-4-2-3-26)16(31)21(33-7)36-19-13(28)8(23)5-9(24)17(19)35-20-11(25)15(30)14(29)10(6-22)34-20/h7-21,26-31H,2-6,22-25H2,1H3/p+4/t7-,8-,9+,10-,11-,12-,13+,14-,15-,16-,17-,18-,19-,20-,21+/m1/s1. The third-order valence-corrected chi connectivity index (χ3v) is 7.30. The average Bonchev–Trinajstić information content (AvgIpc) is 2.84. The fourth-order valence-electron chi connectivity index (χ4n) is 5.00. The van der Waals surface area contributed by atoms with E-state index in [1.54, 1.807) is 6.92 Å². The smallest absolute Gasteiger partial charge is 0.214 e. The van der Waals surface area contributed by atoms with Crippen molar-refractivity contribution < 1.29 is 77.3 Å². The highest BCUT2D eigenvalue weighted by molar-refractivity contribution is 4.97. The Hall–Kier alpha value is -0.600. The Bertz CT molecular complexity index is 682. The second-order valence-corrected chi connectivity index (χ2v) is 10.0. The summed E-state index contributed by atoms with van der Waals surface area (Å²) in [4.78, 5) is 0. The van der Waals surface area contributed by atoms with Crippen LogP contribution in [0.4, 0.5) is 0 Å². The van der Waals surface area contributed by atoms with Gasteiger partial charge < -0.3 is 77.3 Å². The van der Waals surface area contributed by atoms with E-state index in [1.807, 2.05) is 0 Å². The molecular weight excluding hydrogens is 484 g/mol. The number of ether oxygens (including phenoxy) is 5. The van der Waals surface area contributed by atoms with Crippen molar-refractivity contribution >= 4 is 0 Å². The fraction of sp³-hybridized carbons (Fsp3) is 1.00. The van der Waals surface area contributed by atoms with E-state index in [9.17, 15) is 25.5 Å². The Balaban J connectivity index is 1.78. The molecule has 1 aliphatic carbocycles. The van der Waals surface area contributed by atoms with Gasteiger partial charge in [0.05, 0.1) is 12.5 Å². The van der Waals surface area contributed by atoms with Gasteiger partial charge in [-0.05, 0) is 13.3 Å². The molecule has 212 valence electrons. The second kappa shape index (κ2) is 13.0. The molecule has 3 rings (SSSR count). The van der Waals surface area contributed by atoms with Crippen molar-refractivity contribution in [3.05, 3.63) is 0 Å². The predicted octanol–water partition coefficient (Wildman–Crippen LogP) is -8.72. The highest BCUT2D eigenvalue weighted by Gasteiger charge is 2.54. The number of aliphatic hydroxyl groups is 6. The normalized spacial score (nSPS) is 50.2. The van der Waals surface area contributed by atoms with Crippen molar-refractivity contribution in [1.82, 2.24) is 0 Å². The summed E-state index contributed by atoms with van der Waals surface area (Å²) in [6, 6.07) is -1.72. The zero-order chi connectivity index (χ0) is 26.7. The van der Waals surface area contributed by atoms with E-state index < -0.39 is 91.7 Å². The first-order valence-corrected chi connectivity index (χ1v) is 12.5. The van der Waals surface area contributed by atoms with Crippen LogP contribution < -0.4 is 22.9 Å². The van der Waals surface area contributed by atoms with Gasteiger partial charge in [0, 0.05) is 13.2 Å². The van der Waals surface area contributed by atoms with Crippen molar-refractivity contribution in [3.63, 3.8) is 0 Å². The molecule has 1 saturated carbocycles. The van der Waals surface area contributed by atoms with Crippen LogP contribution in [0, 0.1) is 0 Å². The van der Waals surface area contributed by atoms with Gasteiger partial charge in [-0.3, -0.25) is 0 Å². The molecule has 15 atom stereocenters. The third-order valence-electron chi connectivity index (χ3n) is 7.30. The topological polar surface area (TPSA) is 278 Å². The zero-order valence-electron chi connectivity index (χ0n) is 20.7. The first-order valence-electron chi connectivity index (χ1n) is 12.5. The lowest BCUT2D eigenvalue weighted by Crippen LogP contribution is -2.84. The highest BCUT2D eigenvalue weighted by atomic mass is 16.7. The molecule has 0 radical (unpaired) electrons. The summed E-state index contributed by atoms with van der Waals surface area (Å²) in [5, 5.41) is 62.0. The Morgan fingerprint density at radius 3 is 2.08 bits per heavy atom. The van der Waals surface area contributed by atoms with E-state index in [2.05, 4.69) is 22.9 Å². The van der Waals surface area contributed by atoms with Gasteiger partial charge in [-0.1, -0.05) is 0 Å². The highest BCUT2D eigenvalue weighted by Crippen LogP contribution is 2.31. The Morgan fingerprint density at radius 1 is 0.778 bits per heavy atom. The largest absolute Gasteiger partial charge is 0.396 e. The van der Waals surface area contributed by atoms with Crippen LogP contribution in [0.1, 0.15) is 19.8 Å². The molecule has 15 heteroatoms. The van der Waals surface area contributed by atoms with Crippen molar-refractivity contribution in [2.24, 2.45) is 0 Å². The molecule has 3 fully saturated rings. The van der Waals surface area contributed by atoms with Gasteiger partial charge in [-0.15, -0.1) is 0 Å². The van der Waals surface area contributed by atoms with Crippen molar-refractivity contribution in [2.45, 2.75) is 112 Å². The van der Waals surface area contributed by atoms with Crippen LogP contribution in [0.5, 0.6) is 0 Å². The van der Waals surface area contributed by atoms with Crippen LogP contribution in [-0.4, -0.2) is 142 Å². The second-order valence-electron chi connectivity index (χ2n) is 10.0. The van der Waals surface area contributed by atoms with Crippen LogP contribution >= 0.6 is 0 Å². The molecule has 0 aromatic heterocycles. The molecule has 2 heterocycles. The van der Waals surface area contributed by atoms with Crippen molar-refractivity contribution in [1.29, 1.82) is 0 Å². The SMILES string of the molecule is C[C@H]1O[C@@H](O[C@@H]2[C@@H](O)[C@H]([NH3+])C[C@H]([NH3+])[C@H]2O[C@H]2O[C@H](C[NH3+])[C@@H](O)[C@H](O)[C@H]2[NH3+])[C@H](O)[C@H](OCCCO)[C@@H]1O. The molecule has 3 aliphatic rings. The molecule has 15 nitrogen and oxygen atoms in total. The molecule has 2 aliphatic heterocycles. The van der Waals surface area contributed by atoms with E-state index in [0.717, 1.165) is 0 Å². The van der Waals surface area contributed by atoms with E-state index in [-0.39, 0.29) is 19.8 Å². The first-order chi connectivity index (χ1) is 17.0. The van der Waals surface area contributed by atoms with Gasteiger partial charge in [0.25, 0.3) is 0 Å². The monoisotopic (exact) mass is 530 g/mol. The molecule has 36 heavy (non-hydrogen) atoms. The summed E-state index contributed by atoms with van der Waals surface area (Å²) in [5.74, 6) is 0. The predicted molar refractivity (Wildman–Crippen MR) is 117 cm³/mol. The fourth-order valence-corrected chi connectivity index (χ4v) is 5.00. The Labute approximate surface area is 209 Å². The maximum absolute atomic E-state index is 11.0. The maximum atomic E-state index is 11.0. The lowest BCUT2D eigenvalue weighted by atomic mass is 9.84. The Kier molecular flexibility index (Phi) is 10.8. The molecule has 0 aromatic carbocycles. The van der Waals surface area contributed by atoms with Gasteiger partial charge in [-0.25, -0.2) is 0 Å². The van der Waals surface area contributed by atoms with E-state index in [0.29, 0.717) is 12.8 Å². The van der Waals surface area contributed by atoms with Crippen LogP contribution in [-0.2, 0) is 23.7 Å². The molecule has 0 bridgehead atoms. The van der Waals surface area contributed by atoms with Crippen molar-refractivity contribution in [2.75, 3.05) is 19.8 Å². The molecule has 18 N–H and O–H groups in total. The minimum atomic E-state index is -1.41. The zero-order valence-corrected chi connectivity index (χ0v) is 20.7. The molecular formula is C21H46N4O11+4. The molecule has 0 aromatic rings. The molecule has 0 unspecified atom stereocenters. The lowest BCUT2D eigenvalue weighted by molar-refractivity contribution is -0.537. The summed E-state index contributed by atoms with van der Waals surface area (Å²) in [6.45, 7) is 1.79.